The van der Waals surface area contributed by atoms with Gasteiger partial charge >= 0.3 is 0 Å². The predicted octanol–water partition coefficient (Wildman–Crippen LogP) is 1.93. The average molecular weight is 391 g/mol. The summed E-state index contributed by atoms with van der Waals surface area (Å²) in [6.45, 7) is 2.45. The molecule has 24 heavy (non-hydrogen) atoms. The zero-order valence-corrected chi connectivity index (χ0v) is 15.3. The number of aromatic nitrogens is 3. The van der Waals surface area contributed by atoms with Crippen LogP contribution in [0.3, 0.4) is 0 Å². The molecule has 2 heterocycles. The van der Waals surface area contributed by atoms with Gasteiger partial charge in [0.05, 0.1) is 19.0 Å². The maximum atomic E-state index is 12.7. The summed E-state index contributed by atoms with van der Waals surface area (Å²) in [6.07, 6.45) is 0. The maximum Gasteiger partial charge on any atom is 0.251 e. The van der Waals surface area contributed by atoms with E-state index in [9.17, 15) is 8.42 Å². The van der Waals surface area contributed by atoms with Crippen LogP contribution >= 0.6 is 23.2 Å². The van der Waals surface area contributed by atoms with Gasteiger partial charge in [0, 0.05) is 30.2 Å². The summed E-state index contributed by atoms with van der Waals surface area (Å²) < 4.78 is 32.2. The molecule has 0 amide bonds. The third-order valence-corrected chi connectivity index (χ3v) is 5.93. The normalized spacial score (nSPS) is 15.7. The molecule has 1 fully saturated rings. The summed E-state index contributed by atoms with van der Waals surface area (Å²) in [6, 6.07) is 4.72. The van der Waals surface area contributed by atoms with E-state index in [1.807, 2.05) is 4.90 Å². The fraction of sp³-hybridized carbons (Fsp3) is 0.429. The first-order chi connectivity index (χ1) is 11.4. The van der Waals surface area contributed by atoms with E-state index in [4.69, 9.17) is 27.9 Å². The largest absolute Gasteiger partial charge is 0.378 e. The van der Waals surface area contributed by atoms with Crippen molar-refractivity contribution in [3.8, 4) is 0 Å². The molecule has 1 aromatic carbocycles. The number of morpholine rings is 1. The Morgan fingerprint density at radius 3 is 2.58 bits per heavy atom. The number of ether oxygens (including phenoxy) is 1. The molecule has 0 N–H and O–H groups in total. The lowest BCUT2D eigenvalue weighted by atomic mass is 10.2. The molecule has 10 heteroatoms. The van der Waals surface area contributed by atoms with Crippen molar-refractivity contribution >= 4 is 39.0 Å². The van der Waals surface area contributed by atoms with Gasteiger partial charge < -0.3 is 9.64 Å². The Balaban J connectivity index is 1.88. The number of halogens is 2. The SMILES string of the molecule is Cn1c(N2CCOCC2)nnc1S(=O)(=O)Cc1ccc(Cl)cc1Cl. The molecule has 0 saturated carbocycles. The van der Waals surface area contributed by atoms with E-state index >= 15 is 0 Å². The molecule has 130 valence electrons. The lowest BCUT2D eigenvalue weighted by molar-refractivity contribution is 0.121. The average Bonchev–Trinajstić information content (AvgIpc) is 2.93. The minimum Gasteiger partial charge on any atom is -0.378 e. The van der Waals surface area contributed by atoms with Gasteiger partial charge in [-0.3, -0.25) is 4.57 Å². The summed E-state index contributed by atoms with van der Waals surface area (Å²) in [7, 11) is -2.05. The number of rotatable bonds is 4. The van der Waals surface area contributed by atoms with Crippen molar-refractivity contribution in [3.05, 3.63) is 33.8 Å². The van der Waals surface area contributed by atoms with Crippen LogP contribution in [0.15, 0.2) is 23.4 Å². The van der Waals surface area contributed by atoms with Gasteiger partial charge in [-0.2, -0.15) is 0 Å². The van der Waals surface area contributed by atoms with Crippen molar-refractivity contribution in [1.29, 1.82) is 0 Å². The number of anilines is 1. The second kappa shape index (κ2) is 6.87. The van der Waals surface area contributed by atoms with Crippen LogP contribution < -0.4 is 4.90 Å². The van der Waals surface area contributed by atoms with Crippen LogP contribution in [0, 0.1) is 0 Å². The van der Waals surface area contributed by atoms with Crippen molar-refractivity contribution in [2.75, 3.05) is 31.2 Å². The van der Waals surface area contributed by atoms with Gasteiger partial charge in [0.1, 0.15) is 0 Å². The van der Waals surface area contributed by atoms with Gasteiger partial charge in [0.2, 0.25) is 15.8 Å². The molecule has 0 bridgehead atoms. The number of nitrogens with zero attached hydrogens (tertiary/aromatic N) is 4. The highest BCUT2D eigenvalue weighted by Crippen LogP contribution is 2.25. The minimum absolute atomic E-state index is 0.0880. The van der Waals surface area contributed by atoms with Gasteiger partial charge in [-0.1, -0.05) is 29.3 Å². The van der Waals surface area contributed by atoms with Crippen LogP contribution in [0.4, 0.5) is 5.95 Å². The van der Waals surface area contributed by atoms with Crippen LogP contribution in [0.25, 0.3) is 0 Å². The molecule has 0 unspecified atom stereocenters. The standard InChI is InChI=1S/C14H16Cl2N4O3S/c1-19-13(20-4-6-23-7-5-20)17-18-14(19)24(21,22)9-10-2-3-11(15)8-12(10)16/h2-3,8H,4-7,9H2,1H3. The molecule has 0 radical (unpaired) electrons. The van der Waals surface area contributed by atoms with Crippen molar-refractivity contribution < 1.29 is 13.2 Å². The predicted molar refractivity (Wildman–Crippen MR) is 91.4 cm³/mol. The van der Waals surface area contributed by atoms with E-state index in [0.717, 1.165) is 0 Å². The topological polar surface area (TPSA) is 77.3 Å². The van der Waals surface area contributed by atoms with Crippen LogP contribution in [0.2, 0.25) is 10.0 Å². The van der Waals surface area contributed by atoms with Crippen LogP contribution in [0.1, 0.15) is 5.56 Å². The van der Waals surface area contributed by atoms with E-state index in [-0.39, 0.29) is 10.9 Å². The Labute approximate surface area is 150 Å². The highest BCUT2D eigenvalue weighted by molar-refractivity contribution is 7.90. The summed E-state index contributed by atoms with van der Waals surface area (Å²) in [5.74, 6) is 0.247. The van der Waals surface area contributed by atoms with Crippen molar-refractivity contribution in [1.82, 2.24) is 14.8 Å². The fourth-order valence-corrected chi connectivity index (χ4v) is 4.53. The molecule has 0 aliphatic carbocycles. The third-order valence-electron chi connectivity index (χ3n) is 3.74. The van der Waals surface area contributed by atoms with E-state index in [1.165, 1.54) is 10.6 Å². The lowest BCUT2D eigenvalue weighted by Crippen LogP contribution is -2.37. The molecule has 1 saturated heterocycles. The first kappa shape index (κ1) is 17.5. The molecule has 1 aliphatic rings. The Kier molecular flexibility index (Phi) is 5.00. The molecule has 1 aromatic heterocycles. The highest BCUT2D eigenvalue weighted by Gasteiger charge is 2.27. The lowest BCUT2D eigenvalue weighted by Gasteiger charge is -2.27. The molecule has 1 aliphatic heterocycles. The smallest absolute Gasteiger partial charge is 0.251 e. The maximum absolute atomic E-state index is 12.7. The van der Waals surface area contributed by atoms with E-state index in [1.54, 1.807) is 19.2 Å². The number of benzene rings is 1. The zero-order chi connectivity index (χ0) is 17.3. The number of hydrogen-bond donors (Lipinski definition) is 0. The van der Waals surface area contributed by atoms with Crippen molar-refractivity contribution in [2.24, 2.45) is 7.05 Å². The molecule has 0 spiro atoms. The van der Waals surface area contributed by atoms with Gasteiger partial charge in [-0.15, -0.1) is 10.2 Å². The van der Waals surface area contributed by atoms with E-state index < -0.39 is 9.84 Å². The van der Waals surface area contributed by atoms with Crippen molar-refractivity contribution in [2.45, 2.75) is 10.9 Å². The third kappa shape index (κ3) is 3.51. The second-order valence-corrected chi connectivity index (χ2v) is 8.16. The summed E-state index contributed by atoms with van der Waals surface area (Å²) in [5.41, 5.74) is 0.469. The van der Waals surface area contributed by atoms with Gasteiger partial charge in [0.25, 0.3) is 5.16 Å². The van der Waals surface area contributed by atoms with Gasteiger partial charge in [0.15, 0.2) is 0 Å². The molecule has 2 aromatic rings. The van der Waals surface area contributed by atoms with Gasteiger partial charge in [-0.05, 0) is 17.7 Å². The van der Waals surface area contributed by atoms with Gasteiger partial charge in [-0.25, -0.2) is 8.42 Å². The Hall–Kier alpha value is -1.35. The quantitative estimate of drug-likeness (QED) is 0.793. The molecular weight excluding hydrogens is 375 g/mol. The Morgan fingerprint density at radius 1 is 1.21 bits per heavy atom. The summed E-state index contributed by atoms with van der Waals surface area (Å²) in [4.78, 5) is 1.95. The van der Waals surface area contributed by atoms with E-state index in [0.29, 0.717) is 47.9 Å². The van der Waals surface area contributed by atoms with Crippen LogP contribution in [-0.2, 0) is 27.4 Å². The Morgan fingerprint density at radius 2 is 1.92 bits per heavy atom. The van der Waals surface area contributed by atoms with Crippen molar-refractivity contribution in [3.63, 3.8) is 0 Å². The summed E-state index contributed by atoms with van der Waals surface area (Å²) in [5, 5.41) is 8.59. The minimum atomic E-state index is -3.69. The first-order valence-electron chi connectivity index (χ1n) is 7.27. The molecule has 0 atom stereocenters. The van der Waals surface area contributed by atoms with E-state index in [2.05, 4.69) is 10.2 Å². The molecule has 7 nitrogen and oxygen atoms in total. The number of sulfone groups is 1. The first-order valence-corrected chi connectivity index (χ1v) is 9.68. The second-order valence-electron chi connectivity index (χ2n) is 5.44. The fourth-order valence-electron chi connectivity index (χ4n) is 2.52. The zero-order valence-electron chi connectivity index (χ0n) is 12.9. The molecule has 3 rings (SSSR count). The Bertz CT molecular complexity index is 848. The monoisotopic (exact) mass is 390 g/mol. The molecular formula is C14H16Cl2N4O3S. The van der Waals surface area contributed by atoms with Crippen LogP contribution in [0.5, 0.6) is 0 Å². The number of hydrogen-bond acceptors (Lipinski definition) is 6. The highest BCUT2D eigenvalue weighted by atomic mass is 35.5. The summed E-state index contributed by atoms with van der Waals surface area (Å²) >= 11 is 11.9. The van der Waals surface area contributed by atoms with Crippen LogP contribution in [-0.4, -0.2) is 49.5 Å².